The highest BCUT2D eigenvalue weighted by atomic mass is 16.6. The summed E-state index contributed by atoms with van der Waals surface area (Å²) < 4.78 is 12.8. The van der Waals surface area contributed by atoms with E-state index in [2.05, 4.69) is 23.2 Å². The Hall–Kier alpha value is -1.39. The van der Waals surface area contributed by atoms with Gasteiger partial charge in [-0.15, -0.1) is 0 Å². The van der Waals surface area contributed by atoms with E-state index in [9.17, 15) is 0 Å². The van der Waals surface area contributed by atoms with Gasteiger partial charge < -0.3 is 14.0 Å². The molecule has 1 aliphatic rings. The van der Waals surface area contributed by atoms with Gasteiger partial charge in [-0.3, -0.25) is 0 Å². The molecule has 3 rings (SSSR count). The number of hydrogen-bond donors (Lipinski definition) is 0. The summed E-state index contributed by atoms with van der Waals surface area (Å²) in [5.74, 6) is 0. The van der Waals surface area contributed by atoms with Crippen LogP contribution in [0.1, 0.15) is 5.56 Å². The lowest BCUT2D eigenvalue weighted by molar-refractivity contribution is -0.202. The fraction of sp³-hybridized carbons (Fsp3) is 0.417. The zero-order valence-electron chi connectivity index (χ0n) is 9.43. The number of aryl methyl sites for hydroxylation is 1. The van der Waals surface area contributed by atoms with Crippen molar-refractivity contribution in [3.63, 3.8) is 0 Å². The summed E-state index contributed by atoms with van der Waals surface area (Å²) in [6, 6.07) is 6.26. The minimum Gasteiger partial charge on any atom is -0.375 e. The number of imidazole rings is 1. The molecule has 1 saturated heterocycles. The molecule has 2 heterocycles. The van der Waals surface area contributed by atoms with Gasteiger partial charge in [-0.1, -0.05) is 6.07 Å². The van der Waals surface area contributed by atoms with E-state index in [4.69, 9.17) is 9.47 Å². The molecule has 0 radical (unpaired) electrons. The molecule has 0 unspecified atom stereocenters. The first-order chi connectivity index (χ1) is 7.75. The van der Waals surface area contributed by atoms with Gasteiger partial charge in [0, 0.05) is 14.2 Å². The third-order valence-corrected chi connectivity index (χ3v) is 3.31. The Balaban J connectivity index is 2.11. The van der Waals surface area contributed by atoms with E-state index < -0.39 is 0 Å². The zero-order chi connectivity index (χ0) is 11.2. The van der Waals surface area contributed by atoms with Crippen molar-refractivity contribution in [2.24, 2.45) is 7.05 Å². The zero-order valence-corrected chi connectivity index (χ0v) is 9.43. The SMILES string of the molecule is COC1(c2ccc3c(c2)ncn3C)COC1. The number of rotatable bonds is 2. The second kappa shape index (κ2) is 3.30. The molecule has 2 aromatic rings. The predicted molar refractivity (Wildman–Crippen MR) is 60.2 cm³/mol. The monoisotopic (exact) mass is 218 g/mol. The summed E-state index contributed by atoms with van der Waals surface area (Å²) >= 11 is 0. The highest BCUT2D eigenvalue weighted by molar-refractivity contribution is 5.76. The number of hydrogen-bond acceptors (Lipinski definition) is 3. The summed E-state index contributed by atoms with van der Waals surface area (Å²) in [7, 11) is 3.72. The maximum atomic E-state index is 5.56. The molecule has 0 atom stereocenters. The third-order valence-electron chi connectivity index (χ3n) is 3.31. The van der Waals surface area contributed by atoms with E-state index in [1.165, 1.54) is 0 Å². The van der Waals surface area contributed by atoms with Crippen molar-refractivity contribution >= 4 is 11.0 Å². The average molecular weight is 218 g/mol. The van der Waals surface area contributed by atoms with E-state index in [0.29, 0.717) is 13.2 Å². The molecule has 1 aromatic carbocycles. The second-order valence-electron chi connectivity index (χ2n) is 4.25. The molecule has 84 valence electrons. The molecular formula is C12H14N2O2. The third kappa shape index (κ3) is 1.20. The standard InChI is InChI=1S/C12H14N2O2/c1-14-8-13-10-5-9(3-4-11(10)14)12(15-2)6-16-7-12/h3-5,8H,6-7H2,1-2H3. The molecule has 4 nitrogen and oxygen atoms in total. The molecule has 0 spiro atoms. The number of aromatic nitrogens is 2. The smallest absolute Gasteiger partial charge is 0.139 e. The summed E-state index contributed by atoms with van der Waals surface area (Å²) in [6.45, 7) is 1.25. The van der Waals surface area contributed by atoms with Crippen molar-refractivity contribution in [3.8, 4) is 0 Å². The van der Waals surface area contributed by atoms with Crippen LogP contribution in [0.15, 0.2) is 24.5 Å². The number of methoxy groups -OCH3 is 1. The highest BCUT2D eigenvalue weighted by Gasteiger charge is 2.40. The highest BCUT2D eigenvalue weighted by Crippen LogP contribution is 2.34. The van der Waals surface area contributed by atoms with Crippen molar-refractivity contribution in [1.82, 2.24) is 9.55 Å². The summed E-state index contributed by atoms with van der Waals surface area (Å²) in [6.07, 6.45) is 1.82. The number of nitrogens with zero attached hydrogens (tertiary/aromatic N) is 2. The van der Waals surface area contributed by atoms with Gasteiger partial charge in [-0.05, 0) is 17.7 Å². The van der Waals surface area contributed by atoms with Crippen LogP contribution in [0.5, 0.6) is 0 Å². The van der Waals surface area contributed by atoms with E-state index in [-0.39, 0.29) is 5.60 Å². The lowest BCUT2D eigenvalue weighted by atomic mass is 9.91. The number of benzene rings is 1. The van der Waals surface area contributed by atoms with Gasteiger partial charge in [-0.25, -0.2) is 4.98 Å². The van der Waals surface area contributed by atoms with Crippen molar-refractivity contribution < 1.29 is 9.47 Å². The van der Waals surface area contributed by atoms with Gasteiger partial charge in [0.05, 0.1) is 30.6 Å². The van der Waals surface area contributed by atoms with Crippen LogP contribution in [0.4, 0.5) is 0 Å². The lowest BCUT2D eigenvalue weighted by Gasteiger charge is -2.40. The molecule has 0 bridgehead atoms. The molecule has 0 saturated carbocycles. The summed E-state index contributed by atoms with van der Waals surface area (Å²) in [5.41, 5.74) is 3.03. The summed E-state index contributed by atoms with van der Waals surface area (Å²) in [4.78, 5) is 4.35. The van der Waals surface area contributed by atoms with E-state index in [1.54, 1.807) is 7.11 Å². The second-order valence-corrected chi connectivity index (χ2v) is 4.25. The fourth-order valence-corrected chi connectivity index (χ4v) is 2.11. The van der Waals surface area contributed by atoms with Crippen molar-refractivity contribution in [2.45, 2.75) is 5.60 Å². The first-order valence-corrected chi connectivity index (χ1v) is 5.30. The van der Waals surface area contributed by atoms with E-state index in [1.807, 2.05) is 17.9 Å². The normalized spacial score (nSPS) is 18.6. The van der Waals surface area contributed by atoms with Crippen molar-refractivity contribution in [1.29, 1.82) is 0 Å². The molecular weight excluding hydrogens is 204 g/mol. The largest absolute Gasteiger partial charge is 0.375 e. The molecule has 0 aliphatic carbocycles. The molecule has 16 heavy (non-hydrogen) atoms. The van der Waals surface area contributed by atoms with Gasteiger partial charge in [0.2, 0.25) is 0 Å². The number of fused-ring (bicyclic) bond motifs is 1. The van der Waals surface area contributed by atoms with Crippen LogP contribution >= 0.6 is 0 Å². The van der Waals surface area contributed by atoms with Crippen molar-refractivity contribution in [2.75, 3.05) is 20.3 Å². The fourth-order valence-electron chi connectivity index (χ4n) is 2.11. The van der Waals surface area contributed by atoms with Crippen LogP contribution in [0.3, 0.4) is 0 Å². The molecule has 0 amide bonds. The maximum Gasteiger partial charge on any atom is 0.139 e. The Morgan fingerprint density at radius 3 is 2.88 bits per heavy atom. The molecule has 1 aromatic heterocycles. The van der Waals surface area contributed by atoms with Gasteiger partial charge in [0.25, 0.3) is 0 Å². The van der Waals surface area contributed by atoms with Crippen molar-refractivity contribution in [3.05, 3.63) is 30.1 Å². The Labute approximate surface area is 93.8 Å². The van der Waals surface area contributed by atoms with Crippen LogP contribution in [0, 0.1) is 0 Å². The van der Waals surface area contributed by atoms with Gasteiger partial charge in [0.1, 0.15) is 5.60 Å². The van der Waals surface area contributed by atoms with Crippen LogP contribution < -0.4 is 0 Å². The maximum absolute atomic E-state index is 5.56. The van der Waals surface area contributed by atoms with E-state index in [0.717, 1.165) is 16.6 Å². The van der Waals surface area contributed by atoms with Gasteiger partial charge in [0.15, 0.2) is 0 Å². The Kier molecular flexibility index (Phi) is 2.02. The number of ether oxygens (including phenoxy) is 2. The first kappa shape index (κ1) is 9.81. The topological polar surface area (TPSA) is 36.3 Å². The minimum atomic E-state index is -0.258. The molecule has 4 heteroatoms. The lowest BCUT2D eigenvalue weighted by Crippen LogP contribution is -2.48. The quantitative estimate of drug-likeness (QED) is 0.765. The summed E-state index contributed by atoms with van der Waals surface area (Å²) in [5, 5.41) is 0. The molecule has 1 fully saturated rings. The average Bonchev–Trinajstić information content (AvgIpc) is 2.60. The van der Waals surface area contributed by atoms with Gasteiger partial charge in [-0.2, -0.15) is 0 Å². The first-order valence-electron chi connectivity index (χ1n) is 5.30. The molecule has 1 aliphatic heterocycles. The Morgan fingerprint density at radius 1 is 1.44 bits per heavy atom. The van der Waals surface area contributed by atoms with Gasteiger partial charge >= 0.3 is 0 Å². The molecule has 0 N–H and O–H groups in total. The minimum absolute atomic E-state index is 0.258. The Morgan fingerprint density at radius 2 is 2.25 bits per heavy atom. The van der Waals surface area contributed by atoms with Crippen LogP contribution in [-0.2, 0) is 22.1 Å². The Bertz CT molecular complexity index is 523. The van der Waals surface area contributed by atoms with Crippen LogP contribution in [-0.4, -0.2) is 29.9 Å². The van der Waals surface area contributed by atoms with Crippen LogP contribution in [0.2, 0.25) is 0 Å². The van der Waals surface area contributed by atoms with Crippen LogP contribution in [0.25, 0.3) is 11.0 Å². The van der Waals surface area contributed by atoms with E-state index >= 15 is 0 Å². The predicted octanol–water partition coefficient (Wildman–Crippen LogP) is 1.45.